The Morgan fingerprint density at radius 3 is 2.39 bits per heavy atom. The van der Waals surface area contributed by atoms with Crippen molar-refractivity contribution in [1.29, 1.82) is 0 Å². The van der Waals surface area contributed by atoms with Crippen LogP contribution in [0.25, 0.3) is 0 Å². The third-order valence-electron chi connectivity index (χ3n) is 2.78. The molecule has 2 N–H and O–H groups in total. The van der Waals surface area contributed by atoms with Crippen molar-refractivity contribution in [2.24, 2.45) is 5.73 Å². The summed E-state index contributed by atoms with van der Waals surface area (Å²) < 4.78 is 27.2. The Balaban J connectivity index is 2.25. The van der Waals surface area contributed by atoms with Gasteiger partial charge >= 0.3 is 0 Å². The molecule has 0 aliphatic heterocycles. The van der Waals surface area contributed by atoms with Gasteiger partial charge in [0.25, 0.3) is 0 Å². The van der Waals surface area contributed by atoms with Gasteiger partial charge in [0.05, 0.1) is 4.47 Å². The molecule has 0 spiro atoms. The number of rotatable bonds is 3. The molecule has 0 heterocycles. The highest BCUT2D eigenvalue weighted by molar-refractivity contribution is 9.10. The van der Waals surface area contributed by atoms with Crippen molar-refractivity contribution in [3.8, 4) is 0 Å². The number of benzene rings is 2. The molecule has 2 rings (SSSR count). The van der Waals surface area contributed by atoms with E-state index in [4.69, 9.17) is 5.73 Å². The van der Waals surface area contributed by atoms with Gasteiger partial charge in [-0.1, -0.05) is 30.3 Å². The van der Waals surface area contributed by atoms with E-state index >= 15 is 0 Å². The molecule has 0 fully saturated rings. The van der Waals surface area contributed by atoms with Crippen LogP contribution in [0.3, 0.4) is 0 Å². The molecule has 1 unspecified atom stereocenters. The highest BCUT2D eigenvalue weighted by atomic mass is 79.9. The molecule has 0 amide bonds. The summed E-state index contributed by atoms with van der Waals surface area (Å²) in [5.41, 5.74) is 7.17. The van der Waals surface area contributed by atoms with Crippen LogP contribution < -0.4 is 5.73 Å². The van der Waals surface area contributed by atoms with Gasteiger partial charge in [-0.15, -0.1) is 0 Å². The summed E-state index contributed by atoms with van der Waals surface area (Å²) in [6.45, 7) is 0. The van der Waals surface area contributed by atoms with Crippen LogP contribution in [-0.2, 0) is 6.42 Å². The summed E-state index contributed by atoms with van der Waals surface area (Å²) in [7, 11) is 0. The van der Waals surface area contributed by atoms with Crippen molar-refractivity contribution in [3.63, 3.8) is 0 Å². The largest absolute Gasteiger partial charge is 0.324 e. The molecule has 2 aromatic carbocycles. The van der Waals surface area contributed by atoms with Crippen LogP contribution in [0.5, 0.6) is 0 Å². The van der Waals surface area contributed by atoms with E-state index in [1.807, 2.05) is 0 Å². The van der Waals surface area contributed by atoms with E-state index < -0.39 is 6.04 Å². The lowest BCUT2D eigenvalue weighted by Crippen LogP contribution is -2.15. The zero-order valence-electron chi connectivity index (χ0n) is 9.54. The molecule has 1 nitrogen and oxygen atoms in total. The lowest BCUT2D eigenvalue weighted by atomic mass is 9.99. The third kappa shape index (κ3) is 2.76. The SMILES string of the molecule is NC(Cc1ccccc1F)c1cccc(F)c1Br. The van der Waals surface area contributed by atoms with Crippen LogP contribution in [0.15, 0.2) is 46.9 Å². The predicted molar refractivity (Wildman–Crippen MR) is 71.1 cm³/mol. The molecule has 0 aliphatic carbocycles. The topological polar surface area (TPSA) is 26.0 Å². The first-order valence-corrected chi connectivity index (χ1v) is 6.32. The van der Waals surface area contributed by atoms with Crippen molar-refractivity contribution in [2.45, 2.75) is 12.5 Å². The fraction of sp³-hybridized carbons (Fsp3) is 0.143. The minimum absolute atomic E-state index is 0.291. The molecule has 18 heavy (non-hydrogen) atoms. The van der Waals surface area contributed by atoms with Gasteiger partial charge in [0, 0.05) is 6.04 Å². The summed E-state index contributed by atoms with van der Waals surface area (Å²) in [5, 5.41) is 0. The molecule has 0 radical (unpaired) electrons. The van der Waals surface area contributed by atoms with E-state index in [9.17, 15) is 8.78 Å². The number of halogens is 3. The van der Waals surface area contributed by atoms with Gasteiger partial charge in [-0.3, -0.25) is 0 Å². The quantitative estimate of drug-likeness (QED) is 0.912. The zero-order chi connectivity index (χ0) is 13.1. The highest BCUT2D eigenvalue weighted by Crippen LogP contribution is 2.27. The van der Waals surface area contributed by atoms with Crippen LogP contribution in [0.1, 0.15) is 17.2 Å². The Kier molecular flexibility index (Phi) is 4.09. The van der Waals surface area contributed by atoms with Gasteiger partial charge in [-0.2, -0.15) is 0 Å². The molecule has 2 aromatic rings. The average molecular weight is 312 g/mol. The monoisotopic (exact) mass is 311 g/mol. The van der Waals surface area contributed by atoms with E-state index in [1.54, 1.807) is 30.3 Å². The summed E-state index contributed by atoms with van der Waals surface area (Å²) in [6.07, 6.45) is 0.328. The van der Waals surface area contributed by atoms with Gasteiger partial charge in [-0.25, -0.2) is 8.78 Å². The maximum atomic E-state index is 13.5. The van der Waals surface area contributed by atoms with Crippen LogP contribution in [-0.4, -0.2) is 0 Å². The second kappa shape index (κ2) is 5.59. The summed E-state index contributed by atoms with van der Waals surface area (Å²) >= 11 is 3.16. The van der Waals surface area contributed by atoms with E-state index in [2.05, 4.69) is 15.9 Å². The molecule has 0 saturated heterocycles. The van der Waals surface area contributed by atoms with E-state index in [1.165, 1.54) is 12.1 Å². The zero-order valence-corrected chi connectivity index (χ0v) is 11.1. The van der Waals surface area contributed by atoms with E-state index in [0.717, 1.165) is 0 Å². The molecule has 0 saturated carbocycles. The maximum absolute atomic E-state index is 13.5. The first-order valence-electron chi connectivity index (χ1n) is 5.52. The van der Waals surface area contributed by atoms with Gasteiger partial charge < -0.3 is 5.73 Å². The van der Waals surface area contributed by atoms with Gasteiger partial charge in [0.2, 0.25) is 0 Å². The first kappa shape index (κ1) is 13.2. The van der Waals surface area contributed by atoms with E-state index in [-0.39, 0.29) is 11.6 Å². The number of hydrogen-bond acceptors (Lipinski definition) is 1. The highest BCUT2D eigenvalue weighted by Gasteiger charge is 2.14. The summed E-state index contributed by atoms with van der Waals surface area (Å²) in [6, 6.07) is 10.7. The molecule has 0 aromatic heterocycles. The Bertz CT molecular complexity index is 557. The van der Waals surface area contributed by atoms with Gasteiger partial charge in [0.1, 0.15) is 11.6 Å². The number of nitrogens with two attached hydrogens (primary N) is 1. The van der Waals surface area contributed by atoms with Crippen LogP contribution >= 0.6 is 15.9 Å². The van der Waals surface area contributed by atoms with Gasteiger partial charge in [0.15, 0.2) is 0 Å². The standard InChI is InChI=1S/C14H12BrF2N/c15-14-10(5-3-7-12(14)17)13(18)8-9-4-1-2-6-11(9)16/h1-7,13H,8,18H2. The summed E-state index contributed by atoms with van der Waals surface area (Å²) in [4.78, 5) is 0. The van der Waals surface area contributed by atoms with Crippen LogP contribution in [0, 0.1) is 11.6 Å². The van der Waals surface area contributed by atoms with Crippen molar-refractivity contribution < 1.29 is 8.78 Å². The normalized spacial score (nSPS) is 12.4. The minimum atomic E-state index is -0.452. The lowest BCUT2D eigenvalue weighted by molar-refractivity contribution is 0.586. The Labute approximate surface area is 113 Å². The van der Waals surface area contributed by atoms with Crippen molar-refractivity contribution >= 4 is 15.9 Å². The van der Waals surface area contributed by atoms with Crippen LogP contribution in [0.2, 0.25) is 0 Å². The second-order valence-corrected chi connectivity index (χ2v) is 4.84. The van der Waals surface area contributed by atoms with Crippen LogP contribution in [0.4, 0.5) is 8.78 Å². The Morgan fingerprint density at radius 1 is 1.00 bits per heavy atom. The third-order valence-corrected chi connectivity index (χ3v) is 3.62. The fourth-order valence-corrected chi connectivity index (χ4v) is 2.38. The minimum Gasteiger partial charge on any atom is -0.324 e. The van der Waals surface area contributed by atoms with Crippen molar-refractivity contribution in [2.75, 3.05) is 0 Å². The first-order chi connectivity index (χ1) is 8.59. The Morgan fingerprint density at radius 2 is 1.67 bits per heavy atom. The molecule has 0 aliphatic rings. The molecule has 0 bridgehead atoms. The Hall–Kier alpha value is -1.26. The fourth-order valence-electron chi connectivity index (χ4n) is 1.82. The molecular formula is C14H12BrF2N. The lowest BCUT2D eigenvalue weighted by Gasteiger charge is -2.14. The van der Waals surface area contributed by atoms with Crippen molar-refractivity contribution in [1.82, 2.24) is 0 Å². The molecule has 1 atom stereocenters. The molecule has 94 valence electrons. The van der Waals surface area contributed by atoms with E-state index in [0.29, 0.717) is 22.0 Å². The smallest absolute Gasteiger partial charge is 0.137 e. The number of hydrogen-bond donors (Lipinski definition) is 1. The molecule has 4 heteroatoms. The summed E-state index contributed by atoms with van der Waals surface area (Å²) in [5.74, 6) is -0.656. The second-order valence-electron chi connectivity index (χ2n) is 4.05. The predicted octanol–water partition coefficient (Wildman–Crippen LogP) is 3.97. The maximum Gasteiger partial charge on any atom is 0.137 e. The van der Waals surface area contributed by atoms with Crippen molar-refractivity contribution in [3.05, 3.63) is 69.7 Å². The molecular weight excluding hydrogens is 300 g/mol. The van der Waals surface area contributed by atoms with Gasteiger partial charge in [-0.05, 0) is 45.6 Å². The average Bonchev–Trinajstić information content (AvgIpc) is 2.35.